The molecule has 0 fully saturated rings. The van der Waals surface area contributed by atoms with E-state index in [0.29, 0.717) is 17.9 Å². The highest BCUT2D eigenvalue weighted by atomic mass is 16.5. The van der Waals surface area contributed by atoms with E-state index in [0.717, 1.165) is 23.2 Å². The average Bonchev–Trinajstić information content (AvgIpc) is 2.61. The zero-order chi connectivity index (χ0) is 17.5. The third-order valence-corrected chi connectivity index (χ3v) is 3.97. The van der Waals surface area contributed by atoms with Gasteiger partial charge in [-0.3, -0.25) is 4.79 Å². The first-order valence-electron chi connectivity index (χ1n) is 8.29. The number of hydrogen-bond acceptors (Lipinski definition) is 3. The number of benzene rings is 2. The maximum absolute atomic E-state index is 12.7. The van der Waals surface area contributed by atoms with Gasteiger partial charge in [-0.1, -0.05) is 38.1 Å². The molecular weight excluding hydrogens is 302 g/mol. The first-order valence-corrected chi connectivity index (χ1v) is 8.29. The Morgan fingerprint density at radius 1 is 1.12 bits per heavy atom. The molecule has 24 heavy (non-hydrogen) atoms. The highest BCUT2D eigenvalue weighted by Gasteiger charge is 2.20. The summed E-state index contributed by atoms with van der Waals surface area (Å²) in [5, 5.41) is 3.03. The number of methoxy groups -OCH3 is 1. The molecule has 0 saturated carbocycles. The van der Waals surface area contributed by atoms with Crippen molar-refractivity contribution in [1.29, 1.82) is 0 Å². The number of para-hydroxylation sites is 1. The Balaban J connectivity index is 2.14. The van der Waals surface area contributed by atoms with Gasteiger partial charge in [-0.25, -0.2) is 0 Å². The van der Waals surface area contributed by atoms with E-state index in [4.69, 9.17) is 9.47 Å². The van der Waals surface area contributed by atoms with Crippen LogP contribution >= 0.6 is 0 Å². The molecule has 0 aliphatic carbocycles. The van der Waals surface area contributed by atoms with Gasteiger partial charge in [-0.2, -0.15) is 0 Å². The van der Waals surface area contributed by atoms with Crippen LogP contribution in [0.5, 0.6) is 11.5 Å². The molecule has 0 aliphatic rings. The first kappa shape index (κ1) is 17.9. The van der Waals surface area contributed by atoms with Gasteiger partial charge < -0.3 is 14.8 Å². The number of aryl methyl sites for hydroxylation is 2. The monoisotopic (exact) mass is 327 g/mol. The summed E-state index contributed by atoms with van der Waals surface area (Å²) in [5.41, 5.74) is 3.07. The average molecular weight is 327 g/mol. The predicted molar refractivity (Wildman–Crippen MR) is 96.9 cm³/mol. The molecular formula is C20H25NO3. The second-order valence-electron chi connectivity index (χ2n) is 5.65. The zero-order valence-corrected chi connectivity index (χ0v) is 14.8. The van der Waals surface area contributed by atoms with E-state index in [-0.39, 0.29) is 5.91 Å². The molecule has 128 valence electrons. The minimum atomic E-state index is -0.554. The minimum absolute atomic E-state index is 0.135. The molecule has 0 saturated heterocycles. The van der Waals surface area contributed by atoms with E-state index in [1.807, 2.05) is 50.2 Å². The Morgan fingerprint density at radius 3 is 2.50 bits per heavy atom. The van der Waals surface area contributed by atoms with Crippen molar-refractivity contribution < 1.29 is 14.3 Å². The van der Waals surface area contributed by atoms with Crippen LogP contribution in [0.2, 0.25) is 0 Å². The molecule has 0 unspecified atom stereocenters. The van der Waals surface area contributed by atoms with Crippen LogP contribution in [-0.2, 0) is 11.2 Å². The summed E-state index contributed by atoms with van der Waals surface area (Å²) in [6.07, 6.45) is 0.891. The summed E-state index contributed by atoms with van der Waals surface area (Å²) in [6.45, 7) is 6.01. The summed E-state index contributed by atoms with van der Waals surface area (Å²) in [4.78, 5) is 12.7. The van der Waals surface area contributed by atoms with E-state index >= 15 is 0 Å². The molecule has 0 aromatic heterocycles. The lowest BCUT2D eigenvalue weighted by Crippen LogP contribution is -2.33. The number of anilines is 1. The number of nitrogens with one attached hydrogen (secondary N) is 1. The smallest absolute Gasteiger partial charge is 0.265 e. The number of hydrogen-bond donors (Lipinski definition) is 1. The third kappa shape index (κ3) is 4.28. The van der Waals surface area contributed by atoms with Gasteiger partial charge in [0.15, 0.2) is 6.10 Å². The van der Waals surface area contributed by atoms with Crippen molar-refractivity contribution in [1.82, 2.24) is 0 Å². The van der Waals surface area contributed by atoms with Crippen LogP contribution in [0.4, 0.5) is 5.69 Å². The fourth-order valence-corrected chi connectivity index (χ4v) is 2.57. The number of ether oxygens (including phenoxy) is 2. The fraction of sp³-hybridized carbons (Fsp3) is 0.350. The van der Waals surface area contributed by atoms with Crippen molar-refractivity contribution in [3.63, 3.8) is 0 Å². The maximum atomic E-state index is 12.7. The van der Waals surface area contributed by atoms with E-state index < -0.39 is 6.10 Å². The Labute approximate surface area is 143 Å². The lowest BCUT2D eigenvalue weighted by Gasteiger charge is -2.20. The van der Waals surface area contributed by atoms with Crippen molar-refractivity contribution in [2.75, 3.05) is 12.4 Å². The lowest BCUT2D eigenvalue weighted by atomic mass is 10.1. The van der Waals surface area contributed by atoms with Gasteiger partial charge in [0.25, 0.3) is 5.91 Å². The zero-order valence-electron chi connectivity index (χ0n) is 14.8. The van der Waals surface area contributed by atoms with E-state index in [1.54, 1.807) is 13.2 Å². The number of rotatable bonds is 7. The summed E-state index contributed by atoms with van der Waals surface area (Å²) in [7, 11) is 1.60. The summed E-state index contributed by atoms with van der Waals surface area (Å²) in [6, 6.07) is 13.3. The molecule has 1 amide bonds. The highest BCUT2D eigenvalue weighted by molar-refractivity contribution is 5.95. The molecule has 2 aromatic carbocycles. The molecule has 0 bridgehead atoms. The van der Waals surface area contributed by atoms with Crippen molar-refractivity contribution in [2.24, 2.45) is 0 Å². The molecule has 0 heterocycles. The van der Waals surface area contributed by atoms with Crippen LogP contribution in [-0.4, -0.2) is 19.1 Å². The van der Waals surface area contributed by atoms with Crippen LogP contribution < -0.4 is 14.8 Å². The highest BCUT2D eigenvalue weighted by Crippen LogP contribution is 2.24. The third-order valence-electron chi connectivity index (χ3n) is 3.97. The largest absolute Gasteiger partial charge is 0.497 e. The molecule has 4 heteroatoms. The van der Waals surface area contributed by atoms with Gasteiger partial charge in [0.1, 0.15) is 11.5 Å². The summed E-state index contributed by atoms with van der Waals surface area (Å²) in [5.74, 6) is 1.19. The van der Waals surface area contributed by atoms with Crippen molar-refractivity contribution in [2.45, 2.75) is 39.7 Å². The van der Waals surface area contributed by atoms with Crippen LogP contribution in [0, 0.1) is 6.92 Å². The van der Waals surface area contributed by atoms with Gasteiger partial charge in [0.2, 0.25) is 0 Å². The lowest BCUT2D eigenvalue weighted by molar-refractivity contribution is -0.122. The predicted octanol–water partition coefficient (Wildman–Crippen LogP) is 4.36. The second kappa shape index (κ2) is 8.39. The number of amides is 1. The quantitative estimate of drug-likeness (QED) is 0.822. The SMILES string of the molecule is CCc1cccc(C)c1NC(=O)[C@H](CC)Oc1cccc(OC)c1. The molecule has 0 spiro atoms. The van der Waals surface area contributed by atoms with E-state index in [9.17, 15) is 4.79 Å². The topological polar surface area (TPSA) is 47.6 Å². The van der Waals surface area contributed by atoms with Gasteiger partial charge >= 0.3 is 0 Å². The van der Waals surface area contributed by atoms with Crippen molar-refractivity contribution in [3.8, 4) is 11.5 Å². The van der Waals surface area contributed by atoms with Gasteiger partial charge in [-0.15, -0.1) is 0 Å². The van der Waals surface area contributed by atoms with E-state index in [1.165, 1.54) is 0 Å². The maximum Gasteiger partial charge on any atom is 0.265 e. The normalized spacial score (nSPS) is 11.7. The first-order chi connectivity index (χ1) is 11.6. The molecule has 1 atom stereocenters. The van der Waals surface area contributed by atoms with Crippen LogP contribution in [0.25, 0.3) is 0 Å². The van der Waals surface area contributed by atoms with Gasteiger partial charge in [0, 0.05) is 11.8 Å². The Kier molecular flexibility index (Phi) is 6.24. The second-order valence-corrected chi connectivity index (χ2v) is 5.65. The minimum Gasteiger partial charge on any atom is -0.497 e. The van der Waals surface area contributed by atoms with Gasteiger partial charge in [-0.05, 0) is 43.0 Å². The Morgan fingerprint density at radius 2 is 1.83 bits per heavy atom. The molecule has 2 rings (SSSR count). The number of carbonyl (C=O) groups excluding carboxylic acids is 1. The van der Waals surface area contributed by atoms with E-state index in [2.05, 4.69) is 12.2 Å². The van der Waals surface area contributed by atoms with Crippen molar-refractivity contribution in [3.05, 3.63) is 53.6 Å². The molecule has 0 radical (unpaired) electrons. The van der Waals surface area contributed by atoms with Crippen LogP contribution in [0.1, 0.15) is 31.4 Å². The standard InChI is InChI=1S/C20H25NO3/c1-5-15-10-7-9-14(3)19(15)21-20(22)18(6-2)24-17-12-8-11-16(13-17)23-4/h7-13,18H,5-6H2,1-4H3,(H,21,22)/t18-/m0/s1. The van der Waals surface area contributed by atoms with Crippen LogP contribution in [0.15, 0.2) is 42.5 Å². The molecule has 0 aliphatic heterocycles. The van der Waals surface area contributed by atoms with Crippen molar-refractivity contribution >= 4 is 11.6 Å². The summed E-state index contributed by atoms with van der Waals surface area (Å²) < 4.78 is 11.1. The fourth-order valence-electron chi connectivity index (χ4n) is 2.57. The molecule has 4 nitrogen and oxygen atoms in total. The number of carbonyl (C=O) groups is 1. The molecule has 2 aromatic rings. The molecule has 1 N–H and O–H groups in total. The van der Waals surface area contributed by atoms with Gasteiger partial charge in [0.05, 0.1) is 7.11 Å². The Hall–Kier alpha value is -2.49. The Bertz CT molecular complexity index is 697. The van der Waals surface area contributed by atoms with Crippen LogP contribution in [0.3, 0.4) is 0 Å². The summed E-state index contributed by atoms with van der Waals surface area (Å²) >= 11 is 0.